The zero-order valence-corrected chi connectivity index (χ0v) is 12.6. The Bertz CT molecular complexity index is 598. The van der Waals surface area contributed by atoms with Crippen LogP contribution in [-0.2, 0) is 19.1 Å². The molecular formula is C14H16N2O7. The van der Waals surface area contributed by atoms with Gasteiger partial charge in [-0.3, -0.25) is 19.7 Å². The predicted molar refractivity (Wildman–Crippen MR) is 77.6 cm³/mol. The highest BCUT2D eigenvalue weighted by atomic mass is 16.6. The number of nitro benzene ring substituents is 1. The van der Waals surface area contributed by atoms with E-state index in [0.29, 0.717) is 0 Å². The maximum atomic E-state index is 12.1. The average Bonchev–Trinajstić information content (AvgIpc) is 2.57. The molecule has 0 heterocycles. The SMILES string of the molecule is COC(=O)CC[C@@H](NC(=O)c1ccc([N+](=O)[O-])cc1)C(=O)OC. The molecule has 124 valence electrons. The van der Waals surface area contributed by atoms with Gasteiger partial charge in [0.1, 0.15) is 6.04 Å². The van der Waals surface area contributed by atoms with E-state index in [4.69, 9.17) is 0 Å². The molecule has 0 spiro atoms. The van der Waals surface area contributed by atoms with Gasteiger partial charge < -0.3 is 14.8 Å². The summed E-state index contributed by atoms with van der Waals surface area (Å²) in [5, 5.41) is 13.0. The number of amides is 1. The lowest BCUT2D eigenvalue weighted by molar-refractivity contribution is -0.384. The smallest absolute Gasteiger partial charge is 0.328 e. The van der Waals surface area contributed by atoms with E-state index >= 15 is 0 Å². The van der Waals surface area contributed by atoms with Crippen molar-refractivity contribution in [1.82, 2.24) is 5.32 Å². The summed E-state index contributed by atoms with van der Waals surface area (Å²) < 4.78 is 9.04. The van der Waals surface area contributed by atoms with Crippen LogP contribution in [-0.4, -0.2) is 43.0 Å². The van der Waals surface area contributed by atoms with E-state index in [1.807, 2.05) is 0 Å². The third kappa shape index (κ3) is 5.38. The summed E-state index contributed by atoms with van der Waals surface area (Å²) in [5.74, 6) is -1.84. The summed E-state index contributed by atoms with van der Waals surface area (Å²) in [4.78, 5) is 44.8. The second kappa shape index (κ2) is 8.47. The number of non-ortho nitro benzene ring substituents is 1. The van der Waals surface area contributed by atoms with Gasteiger partial charge in [-0.15, -0.1) is 0 Å². The van der Waals surface area contributed by atoms with Gasteiger partial charge in [0.2, 0.25) is 0 Å². The number of hydrogen-bond acceptors (Lipinski definition) is 7. The van der Waals surface area contributed by atoms with Crippen LogP contribution < -0.4 is 5.32 Å². The lowest BCUT2D eigenvalue weighted by Gasteiger charge is -2.16. The fraction of sp³-hybridized carbons (Fsp3) is 0.357. The van der Waals surface area contributed by atoms with Crippen molar-refractivity contribution in [2.45, 2.75) is 18.9 Å². The lowest BCUT2D eigenvalue weighted by Crippen LogP contribution is -2.41. The average molecular weight is 324 g/mol. The molecule has 1 N–H and O–H groups in total. The lowest BCUT2D eigenvalue weighted by atomic mass is 10.1. The summed E-state index contributed by atoms with van der Waals surface area (Å²) in [6.45, 7) is 0. The number of hydrogen-bond donors (Lipinski definition) is 1. The standard InChI is InChI=1S/C14H16N2O7/c1-22-12(17)8-7-11(14(19)23-2)15-13(18)9-3-5-10(6-4-9)16(20)21/h3-6,11H,7-8H2,1-2H3,(H,15,18)/t11-/m1/s1. The van der Waals surface area contributed by atoms with Crippen molar-refractivity contribution in [2.75, 3.05) is 14.2 Å². The molecule has 0 aliphatic heterocycles. The van der Waals surface area contributed by atoms with Crippen molar-refractivity contribution in [1.29, 1.82) is 0 Å². The molecule has 1 aromatic carbocycles. The molecule has 0 radical (unpaired) electrons. The fourth-order valence-electron chi connectivity index (χ4n) is 1.73. The maximum absolute atomic E-state index is 12.1. The summed E-state index contributed by atoms with van der Waals surface area (Å²) in [7, 11) is 2.37. The maximum Gasteiger partial charge on any atom is 0.328 e. The minimum atomic E-state index is -1.03. The molecule has 0 fully saturated rings. The Morgan fingerprint density at radius 1 is 1.17 bits per heavy atom. The van der Waals surface area contributed by atoms with Crippen molar-refractivity contribution in [3.05, 3.63) is 39.9 Å². The Kier molecular flexibility index (Phi) is 6.66. The van der Waals surface area contributed by atoms with Gasteiger partial charge in [-0.2, -0.15) is 0 Å². The third-order valence-electron chi connectivity index (χ3n) is 3.00. The van der Waals surface area contributed by atoms with Gasteiger partial charge in [0.05, 0.1) is 19.1 Å². The molecule has 1 amide bonds. The highest BCUT2D eigenvalue weighted by molar-refractivity contribution is 5.97. The zero-order chi connectivity index (χ0) is 17.4. The molecule has 0 unspecified atom stereocenters. The number of benzene rings is 1. The second-order valence-corrected chi connectivity index (χ2v) is 4.47. The number of carbonyl (C=O) groups is 3. The number of nitrogens with one attached hydrogen (secondary N) is 1. The molecule has 1 atom stereocenters. The molecule has 23 heavy (non-hydrogen) atoms. The van der Waals surface area contributed by atoms with Crippen LogP contribution in [0.5, 0.6) is 0 Å². The van der Waals surface area contributed by atoms with E-state index < -0.39 is 28.8 Å². The summed E-state index contributed by atoms with van der Waals surface area (Å²) in [6, 6.07) is 3.86. The zero-order valence-electron chi connectivity index (χ0n) is 12.6. The van der Waals surface area contributed by atoms with E-state index in [-0.39, 0.29) is 24.1 Å². The Morgan fingerprint density at radius 2 is 1.78 bits per heavy atom. The van der Waals surface area contributed by atoms with E-state index in [2.05, 4.69) is 14.8 Å². The minimum absolute atomic E-state index is 0.0120. The van der Waals surface area contributed by atoms with Gasteiger partial charge in [0.15, 0.2) is 0 Å². The molecule has 1 rings (SSSR count). The van der Waals surface area contributed by atoms with Crippen molar-refractivity contribution in [3.8, 4) is 0 Å². The third-order valence-corrected chi connectivity index (χ3v) is 3.00. The molecule has 0 aliphatic carbocycles. The normalized spacial score (nSPS) is 11.2. The molecule has 0 bridgehead atoms. The molecule has 1 aromatic rings. The largest absolute Gasteiger partial charge is 0.469 e. The Balaban J connectivity index is 2.77. The first-order chi connectivity index (χ1) is 10.9. The van der Waals surface area contributed by atoms with Crippen molar-refractivity contribution >= 4 is 23.5 Å². The van der Waals surface area contributed by atoms with Crippen LogP contribution in [0.4, 0.5) is 5.69 Å². The molecule has 9 heteroatoms. The van der Waals surface area contributed by atoms with Gasteiger partial charge in [-0.1, -0.05) is 0 Å². The number of nitro groups is 1. The van der Waals surface area contributed by atoms with Gasteiger partial charge in [0.25, 0.3) is 11.6 Å². The van der Waals surface area contributed by atoms with E-state index in [0.717, 1.165) is 7.11 Å². The molecule has 9 nitrogen and oxygen atoms in total. The fourth-order valence-corrected chi connectivity index (χ4v) is 1.73. The molecule has 0 saturated heterocycles. The van der Waals surface area contributed by atoms with Gasteiger partial charge in [-0.25, -0.2) is 4.79 Å². The first-order valence-corrected chi connectivity index (χ1v) is 6.59. The summed E-state index contributed by atoms with van der Waals surface area (Å²) in [6.07, 6.45) is -0.0606. The quantitative estimate of drug-likeness (QED) is 0.447. The number of esters is 2. The Morgan fingerprint density at radius 3 is 2.26 bits per heavy atom. The van der Waals surface area contributed by atoms with Gasteiger partial charge in [-0.05, 0) is 18.6 Å². The number of nitrogens with zero attached hydrogens (tertiary/aromatic N) is 1. The number of methoxy groups -OCH3 is 2. The van der Waals surface area contributed by atoms with Crippen molar-refractivity contribution < 1.29 is 28.8 Å². The van der Waals surface area contributed by atoms with Crippen molar-refractivity contribution in [2.24, 2.45) is 0 Å². The molecule has 0 aromatic heterocycles. The topological polar surface area (TPSA) is 125 Å². The molecule has 0 saturated carbocycles. The van der Waals surface area contributed by atoms with Crippen LogP contribution in [0.2, 0.25) is 0 Å². The molecular weight excluding hydrogens is 308 g/mol. The second-order valence-electron chi connectivity index (χ2n) is 4.47. The van der Waals surface area contributed by atoms with E-state index in [1.165, 1.54) is 31.4 Å². The highest BCUT2D eigenvalue weighted by Gasteiger charge is 2.23. The van der Waals surface area contributed by atoms with Crippen molar-refractivity contribution in [3.63, 3.8) is 0 Å². The monoisotopic (exact) mass is 324 g/mol. The summed E-state index contributed by atoms with van der Waals surface area (Å²) >= 11 is 0. The van der Waals surface area contributed by atoms with Crippen LogP contribution in [0.3, 0.4) is 0 Å². The van der Waals surface area contributed by atoms with Crippen LogP contribution in [0.25, 0.3) is 0 Å². The molecule has 0 aliphatic rings. The van der Waals surface area contributed by atoms with E-state index in [9.17, 15) is 24.5 Å². The number of rotatable bonds is 7. The van der Waals surface area contributed by atoms with Gasteiger partial charge >= 0.3 is 11.9 Å². The number of ether oxygens (including phenoxy) is 2. The first kappa shape index (κ1) is 18.1. The minimum Gasteiger partial charge on any atom is -0.469 e. The summed E-state index contributed by atoms with van der Waals surface area (Å²) in [5.41, 5.74) is -0.0145. The Hall–Kier alpha value is -2.97. The van der Waals surface area contributed by atoms with Crippen LogP contribution in [0.1, 0.15) is 23.2 Å². The highest BCUT2D eigenvalue weighted by Crippen LogP contribution is 2.12. The number of carbonyl (C=O) groups excluding carboxylic acids is 3. The predicted octanol–water partition coefficient (Wildman–Crippen LogP) is 0.819. The Labute approximate surface area is 131 Å². The van der Waals surface area contributed by atoms with E-state index in [1.54, 1.807) is 0 Å². The van der Waals surface area contributed by atoms with Gasteiger partial charge in [0, 0.05) is 24.1 Å². The van der Waals surface area contributed by atoms with Crippen LogP contribution in [0.15, 0.2) is 24.3 Å². The van der Waals surface area contributed by atoms with Crippen LogP contribution in [0, 0.1) is 10.1 Å². The van der Waals surface area contributed by atoms with Crippen LogP contribution >= 0.6 is 0 Å². The first-order valence-electron chi connectivity index (χ1n) is 6.59.